The maximum absolute atomic E-state index is 12.5. The molecule has 0 unspecified atom stereocenters. The summed E-state index contributed by atoms with van der Waals surface area (Å²) in [4.78, 5) is 32.4. The Kier molecular flexibility index (Phi) is 8.01. The van der Waals surface area contributed by atoms with E-state index in [2.05, 4.69) is 20.2 Å². The quantitative estimate of drug-likeness (QED) is 0.694. The summed E-state index contributed by atoms with van der Waals surface area (Å²) in [5, 5.41) is 10.1. The predicted molar refractivity (Wildman–Crippen MR) is 105 cm³/mol. The molecule has 3 atom stereocenters. The van der Waals surface area contributed by atoms with Gasteiger partial charge in [0.2, 0.25) is 5.91 Å². The molecule has 12 heteroatoms. The summed E-state index contributed by atoms with van der Waals surface area (Å²) in [6, 6.07) is 0.954. The van der Waals surface area contributed by atoms with E-state index < -0.39 is 12.1 Å². The van der Waals surface area contributed by atoms with Crippen LogP contribution in [0.15, 0.2) is 12.4 Å². The number of ether oxygens (including phenoxy) is 2. The van der Waals surface area contributed by atoms with E-state index >= 15 is 0 Å². The number of hydrogen-bond donors (Lipinski definition) is 2. The van der Waals surface area contributed by atoms with Crippen LogP contribution in [0.3, 0.4) is 0 Å². The van der Waals surface area contributed by atoms with Crippen LogP contribution in [-0.4, -0.2) is 82.1 Å². The zero-order valence-corrected chi connectivity index (χ0v) is 17.7. The molecule has 3 aliphatic rings. The van der Waals surface area contributed by atoms with Crippen molar-refractivity contribution in [3.05, 3.63) is 23.8 Å². The average Bonchev–Trinajstić information content (AvgIpc) is 3.34. The topological polar surface area (TPSA) is 114 Å². The maximum atomic E-state index is 12.5. The number of carbonyl (C=O) groups excluding carboxylic acids is 1. The summed E-state index contributed by atoms with van der Waals surface area (Å²) >= 11 is 0. The van der Waals surface area contributed by atoms with Crippen molar-refractivity contribution in [1.82, 2.24) is 20.2 Å². The van der Waals surface area contributed by atoms with Gasteiger partial charge in [0.15, 0.2) is 0 Å². The van der Waals surface area contributed by atoms with Gasteiger partial charge in [-0.1, -0.05) is 0 Å². The number of amides is 1. The van der Waals surface area contributed by atoms with Gasteiger partial charge in [-0.25, -0.2) is 4.79 Å². The number of rotatable bonds is 4. The van der Waals surface area contributed by atoms with Gasteiger partial charge in [-0.3, -0.25) is 19.7 Å². The third-order valence-corrected chi connectivity index (χ3v) is 5.79. The summed E-state index contributed by atoms with van der Waals surface area (Å²) in [7, 11) is 0. The van der Waals surface area contributed by atoms with Gasteiger partial charge in [-0.15, -0.1) is 0 Å². The van der Waals surface area contributed by atoms with Crippen LogP contribution in [0.25, 0.3) is 0 Å². The Hall–Kier alpha value is -2.31. The van der Waals surface area contributed by atoms with Gasteiger partial charge in [0.25, 0.3) is 0 Å². The second kappa shape index (κ2) is 10.5. The summed E-state index contributed by atoms with van der Waals surface area (Å²) in [6.45, 7) is 5.06. The van der Waals surface area contributed by atoms with Crippen LogP contribution in [0.1, 0.15) is 37.1 Å². The number of alkyl halides is 3. The van der Waals surface area contributed by atoms with Crippen molar-refractivity contribution in [1.29, 1.82) is 0 Å². The second-order valence-corrected chi connectivity index (χ2v) is 8.01. The minimum Gasteiger partial charge on any atom is -0.475 e. The number of carboxylic acids is 1. The molecule has 1 aromatic heterocycles. The number of aryl methyl sites for hydroxylation is 1. The molecule has 1 amide bonds. The number of aliphatic carboxylic acids is 1. The lowest BCUT2D eigenvalue weighted by Crippen LogP contribution is -2.44. The van der Waals surface area contributed by atoms with Crippen molar-refractivity contribution in [3.8, 4) is 0 Å². The van der Waals surface area contributed by atoms with E-state index in [-0.39, 0.29) is 18.1 Å². The van der Waals surface area contributed by atoms with Crippen LogP contribution in [0.5, 0.6) is 0 Å². The first-order valence-electron chi connectivity index (χ1n) is 10.5. The van der Waals surface area contributed by atoms with Gasteiger partial charge < -0.3 is 19.9 Å². The van der Waals surface area contributed by atoms with Crippen molar-refractivity contribution < 1.29 is 37.3 Å². The molecule has 2 N–H and O–H groups in total. The molecule has 0 aliphatic carbocycles. The smallest absolute Gasteiger partial charge is 0.475 e. The van der Waals surface area contributed by atoms with Gasteiger partial charge in [0.05, 0.1) is 30.2 Å². The first-order valence-corrected chi connectivity index (χ1v) is 10.5. The SMILES string of the molecule is Cc1cnc(CNC(=O)[C@H]2C[C@H]3[C@H](CCN3C3CCOCC3)O2)cn1.O=C(O)C(F)(F)F. The van der Waals surface area contributed by atoms with Gasteiger partial charge in [-0.05, 0) is 26.2 Å². The molecule has 3 fully saturated rings. The first kappa shape index (κ1) is 24.3. The van der Waals surface area contributed by atoms with Crippen molar-refractivity contribution in [2.45, 2.75) is 69.6 Å². The molecule has 3 aliphatic heterocycles. The van der Waals surface area contributed by atoms with Crippen LogP contribution in [0, 0.1) is 6.92 Å². The summed E-state index contributed by atoms with van der Waals surface area (Å²) < 4.78 is 43.3. The normalized spacial score (nSPS) is 26.2. The number of halogens is 3. The van der Waals surface area contributed by atoms with E-state index in [0.717, 1.165) is 56.8 Å². The van der Waals surface area contributed by atoms with Crippen molar-refractivity contribution >= 4 is 11.9 Å². The summed E-state index contributed by atoms with van der Waals surface area (Å²) in [6.07, 6.45) is 2.16. The van der Waals surface area contributed by atoms with E-state index in [1.165, 1.54) is 0 Å². The molecule has 0 spiro atoms. The minimum atomic E-state index is -5.08. The maximum Gasteiger partial charge on any atom is 0.490 e. The van der Waals surface area contributed by atoms with E-state index in [4.69, 9.17) is 19.4 Å². The molecular formula is C20H27F3N4O5. The Morgan fingerprint density at radius 3 is 2.50 bits per heavy atom. The van der Waals surface area contributed by atoms with Crippen molar-refractivity contribution in [2.24, 2.45) is 0 Å². The fourth-order valence-electron chi connectivity index (χ4n) is 4.22. The van der Waals surface area contributed by atoms with Crippen LogP contribution < -0.4 is 5.32 Å². The molecule has 0 radical (unpaired) electrons. The molecule has 4 heterocycles. The lowest BCUT2D eigenvalue weighted by Gasteiger charge is -2.34. The Morgan fingerprint density at radius 2 is 1.91 bits per heavy atom. The average molecular weight is 460 g/mol. The molecule has 0 bridgehead atoms. The number of aromatic nitrogens is 2. The van der Waals surface area contributed by atoms with Gasteiger partial charge in [0.1, 0.15) is 6.10 Å². The van der Waals surface area contributed by atoms with E-state index in [1.54, 1.807) is 12.4 Å². The molecule has 178 valence electrons. The standard InChI is InChI=1S/C18H26N4O3.C2HF3O2/c1-12-9-20-13(10-19-12)11-21-18(23)17-8-15-16(25-17)2-5-22(15)14-3-6-24-7-4-14;3-2(4,5)1(6)7/h9-10,14-17H,2-8,11H2,1H3,(H,21,23);(H,6,7)/t15-,16-,17+;/m0./s1. The number of likely N-dealkylation sites (tertiary alicyclic amines) is 1. The molecule has 0 saturated carbocycles. The highest BCUT2D eigenvalue weighted by molar-refractivity contribution is 5.81. The Labute approximate surface area is 183 Å². The number of nitrogens with zero attached hydrogens (tertiary/aromatic N) is 3. The highest BCUT2D eigenvalue weighted by Gasteiger charge is 2.47. The number of carbonyl (C=O) groups is 2. The van der Waals surface area contributed by atoms with Crippen LogP contribution in [0.4, 0.5) is 13.2 Å². The second-order valence-electron chi connectivity index (χ2n) is 8.01. The lowest BCUT2D eigenvalue weighted by molar-refractivity contribution is -0.192. The molecule has 3 saturated heterocycles. The van der Waals surface area contributed by atoms with Gasteiger partial charge in [0, 0.05) is 44.5 Å². The zero-order valence-electron chi connectivity index (χ0n) is 17.7. The Morgan fingerprint density at radius 1 is 1.22 bits per heavy atom. The van der Waals surface area contributed by atoms with E-state index in [1.807, 2.05) is 6.92 Å². The first-order chi connectivity index (χ1) is 15.1. The predicted octanol–water partition coefficient (Wildman–Crippen LogP) is 1.45. The van der Waals surface area contributed by atoms with Crippen molar-refractivity contribution in [2.75, 3.05) is 19.8 Å². The number of carboxylic acid groups (broad SMARTS) is 1. The molecule has 9 nitrogen and oxygen atoms in total. The van der Waals surface area contributed by atoms with Crippen LogP contribution in [-0.2, 0) is 25.6 Å². The lowest BCUT2D eigenvalue weighted by atomic mass is 10.0. The third kappa shape index (κ3) is 6.36. The van der Waals surface area contributed by atoms with Crippen molar-refractivity contribution in [3.63, 3.8) is 0 Å². The highest BCUT2D eigenvalue weighted by Crippen LogP contribution is 2.36. The fourth-order valence-corrected chi connectivity index (χ4v) is 4.22. The monoisotopic (exact) mass is 460 g/mol. The Balaban J connectivity index is 0.000000360. The molecule has 4 rings (SSSR count). The third-order valence-electron chi connectivity index (χ3n) is 5.79. The summed E-state index contributed by atoms with van der Waals surface area (Å²) in [5.74, 6) is -2.80. The van der Waals surface area contributed by atoms with Crippen LogP contribution in [0.2, 0.25) is 0 Å². The summed E-state index contributed by atoms with van der Waals surface area (Å²) in [5.41, 5.74) is 1.64. The molecule has 1 aromatic rings. The molecule has 32 heavy (non-hydrogen) atoms. The zero-order chi connectivity index (χ0) is 23.3. The number of hydrogen-bond acceptors (Lipinski definition) is 7. The minimum absolute atomic E-state index is 0.0382. The largest absolute Gasteiger partial charge is 0.490 e. The van der Waals surface area contributed by atoms with E-state index in [9.17, 15) is 18.0 Å². The van der Waals surface area contributed by atoms with Gasteiger partial charge >= 0.3 is 12.1 Å². The number of fused-ring (bicyclic) bond motifs is 1. The van der Waals surface area contributed by atoms with Gasteiger partial charge in [-0.2, -0.15) is 13.2 Å². The highest BCUT2D eigenvalue weighted by atomic mass is 19.4. The van der Waals surface area contributed by atoms with Crippen LogP contribution >= 0.6 is 0 Å². The Bertz CT molecular complexity index is 786. The number of nitrogens with one attached hydrogen (secondary N) is 1. The van der Waals surface area contributed by atoms with E-state index in [0.29, 0.717) is 18.6 Å². The fraction of sp³-hybridized carbons (Fsp3) is 0.700. The molecule has 0 aromatic carbocycles. The molecular weight excluding hydrogens is 433 g/mol.